The highest BCUT2D eigenvalue weighted by Gasteiger charge is 2.32. The van der Waals surface area contributed by atoms with E-state index >= 15 is 0 Å². The van der Waals surface area contributed by atoms with Gasteiger partial charge in [-0.25, -0.2) is 4.79 Å². The fourth-order valence-corrected chi connectivity index (χ4v) is 4.79. The van der Waals surface area contributed by atoms with E-state index in [4.69, 9.17) is 0 Å². The molecule has 0 aliphatic carbocycles. The summed E-state index contributed by atoms with van der Waals surface area (Å²) >= 11 is 0. The van der Waals surface area contributed by atoms with Crippen LogP contribution in [0, 0.1) is 0 Å². The molecule has 4 rings (SSSR count). The molecule has 2 amide bonds. The Hall–Kier alpha value is -3.07. The van der Waals surface area contributed by atoms with E-state index in [-0.39, 0.29) is 23.8 Å². The van der Waals surface area contributed by atoms with E-state index in [1.165, 1.54) is 12.1 Å². The van der Waals surface area contributed by atoms with Crippen molar-refractivity contribution in [3.8, 4) is 0 Å². The number of rotatable bonds is 6. The summed E-state index contributed by atoms with van der Waals surface area (Å²) in [7, 11) is 0. The van der Waals surface area contributed by atoms with Crippen molar-refractivity contribution in [2.24, 2.45) is 0 Å². The van der Waals surface area contributed by atoms with Crippen LogP contribution >= 0.6 is 0 Å². The first-order valence-electron chi connectivity index (χ1n) is 12.0. The van der Waals surface area contributed by atoms with Gasteiger partial charge in [0.15, 0.2) is 0 Å². The Kier molecular flexibility index (Phi) is 7.64. The van der Waals surface area contributed by atoms with E-state index in [0.717, 1.165) is 31.3 Å². The van der Waals surface area contributed by atoms with Crippen molar-refractivity contribution in [3.63, 3.8) is 0 Å². The van der Waals surface area contributed by atoms with Crippen molar-refractivity contribution < 1.29 is 22.8 Å². The number of likely N-dealkylation sites (tertiary alicyclic amines) is 1. The lowest BCUT2D eigenvalue weighted by molar-refractivity contribution is -0.137. The third kappa shape index (κ3) is 6.54. The van der Waals surface area contributed by atoms with Crippen LogP contribution in [0.3, 0.4) is 0 Å². The maximum Gasteiger partial charge on any atom is 0.416 e. The summed E-state index contributed by atoms with van der Waals surface area (Å²) in [6, 6.07) is 13.3. The van der Waals surface area contributed by atoms with E-state index in [2.05, 4.69) is 15.5 Å². The Morgan fingerprint density at radius 2 is 1.71 bits per heavy atom. The smallest absolute Gasteiger partial charge is 0.370 e. The van der Waals surface area contributed by atoms with Gasteiger partial charge in [-0.3, -0.25) is 4.79 Å². The van der Waals surface area contributed by atoms with Gasteiger partial charge >= 0.3 is 12.2 Å². The monoisotopic (exact) mass is 488 g/mol. The van der Waals surface area contributed by atoms with Crippen molar-refractivity contribution in [2.75, 3.05) is 42.9 Å². The second-order valence-electron chi connectivity index (χ2n) is 9.38. The normalized spacial score (nSPS) is 19.1. The highest BCUT2D eigenvalue weighted by Crippen LogP contribution is 2.34. The van der Waals surface area contributed by atoms with Gasteiger partial charge in [-0.1, -0.05) is 18.2 Å². The Morgan fingerprint density at radius 3 is 2.37 bits per heavy atom. The van der Waals surface area contributed by atoms with Gasteiger partial charge < -0.3 is 20.4 Å². The molecule has 2 aliphatic rings. The number of halogens is 3. The predicted octanol–water partition coefficient (Wildman–Crippen LogP) is 4.87. The van der Waals surface area contributed by atoms with Gasteiger partial charge in [0.25, 0.3) is 0 Å². The average Bonchev–Trinajstić information content (AvgIpc) is 3.32. The maximum atomic E-state index is 13.0. The van der Waals surface area contributed by atoms with Crippen molar-refractivity contribution in [2.45, 2.75) is 44.3 Å². The van der Waals surface area contributed by atoms with Crippen LogP contribution in [0.15, 0.2) is 48.5 Å². The SMILES string of the molecule is CC(=O)CNC1CCN(c2ccc(NC(=O)N3CCC(c4cccc(C(F)(F)F)c4)CC3)cc2)C1. The summed E-state index contributed by atoms with van der Waals surface area (Å²) in [4.78, 5) is 27.9. The number of urea groups is 1. The number of benzene rings is 2. The first-order chi connectivity index (χ1) is 16.7. The molecule has 2 aromatic rings. The molecule has 2 aromatic carbocycles. The number of nitrogens with one attached hydrogen (secondary N) is 2. The molecule has 2 aliphatic heterocycles. The number of amides is 2. The van der Waals surface area contributed by atoms with Crippen molar-refractivity contribution in [3.05, 3.63) is 59.7 Å². The van der Waals surface area contributed by atoms with Gasteiger partial charge in [0, 0.05) is 43.6 Å². The molecule has 188 valence electrons. The molecule has 1 atom stereocenters. The number of hydrogen-bond acceptors (Lipinski definition) is 4. The third-order valence-corrected chi connectivity index (χ3v) is 6.78. The second-order valence-corrected chi connectivity index (χ2v) is 9.38. The highest BCUT2D eigenvalue weighted by molar-refractivity contribution is 5.89. The van der Waals surface area contributed by atoms with Crippen LogP contribution in [-0.4, -0.2) is 55.5 Å². The van der Waals surface area contributed by atoms with E-state index in [1.54, 1.807) is 17.9 Å². The quantitative estimate of drug-likeness (QED) is 0.609. The Bertz CT molecular complexity index is 1030. The molecule has 9 heteroatoms. The molecule has 2 N–H and O–H groups in total. The summed E-state index contributed by atoms with van der Waals surface area (Å²) in [5.74, 6) is 0.137. The van der Waals surface area contributed by atoms with Crippen molar-refractivity contribution in [1.29, 1.82) is 0 Å². The van der Waals surface area contributed by atoms with Gasteiger partial charge in [-0.2, -0.15) is 13.2 Å². The van der Waals surface area contributed by atoms with E-state index in [9.17, 15) is 22.8 Å². The van der Waals surface area contributed by atoms with Gasteiger partial charge in [0.1, 0.15) is 5.78 Å². The summed E-state index contributed by atoms with van der Waals surface area (Å²) < 4.78 is 39.1. The summed E-state index contributed by atoms with van der Waals surface area (Å²) in [5, 5.41) is 6.20. The standard InChI is InChI=1S/C26H31F3N4O2/c1-18(34)16-30-23-11-14-33(17-23)24-7-5-22(6-8-24)31-25(35)32-12-9-19(10-13-32)20-3-2-4-21(15-20)26(27,28)29/h2-8,15,19,23,30H,9-14,16-17H2,1H3,(H,31,35). The molecule has 0 saturated carbocycles. The van der Waals surface area contributed by atoms with Gasteiger partial charge in [0.2, 0.25) is 0 Å². The highest BCUT2D eigenvalue weighted by atomic mass is 19.4. The zero-order chi connectivity index (χ0) is 25.0. The van der Waals surface area contributed by atoms with Crippen LogP contribution < -0.4 is 15.5 Å². The van der Waals surface area contributed by atoms with Crippen LogP contribution in [0.1, 0.15) is 43.2 Å². The van der Waals surface area contributed by atoms with E-state index in [0.29, 0.717) is 43.7 Å². The average molecular weight is 489 g/mol. The molecule has 0 spiro atoms. The summed E-state index contributed by atoms with van der Waals surface area (Å²) in [6.07, 6.45) is -2.12. The number of carbonyl (C=O) groups is 2. The fourth-order valence-electron chi connectivity index (χ4n) is 4.79. The Morgan fingerprint density at radius 1 is 1.00 bits per heavy atom. The first-order valence-corrected chi connectivity index (χ1v) is 12.0. The zero-order valence-corrected chi connectivity index (χ0v) is 19.8. The molecular weight excluding hydrogens is 457 g/mol. The molecule has 6 nitrogen and oxygen atoms in total. The largest absolute Gasteiger partial charge is 0.416 e. The molecule has 0 radical (unpaired) electrons. The molecule has 2 saturated heterocycles. The first kappa shape index (κ1) is 25.0. The van der Waals surface area contributed by atoms with Crippen LogP contribution in [0.4, 0.5) is 29.3 Å². The molecule has 2 fully saturated rings. The lowest BCUT2D eigenvalue weighted by Gasteiger charge is -2.32. The minimum Gasteiger partial charge on any atom is -0.370 e. The topological polar surface area (TPSA) is 64.7 Å². The minimum atomic E-state index is -4.35. The molecule has 0 aromatic heterocycles. The summed E-state index contributed by atoms with van der Waals surface area (Å²) in [6.45, 7) is 4.69. The number of anilines is 2. The minimum absolute atomic E-state index is 0.00913. The Balaban J connectivity index is 1.26. The molecule has 1 unspecified atom stereocenters. The number of piperidine rings is 1. The lowest BCUT2D eigenvalue weighted by atomic mass is 9.88. The van der Waals surface area contributed by atoms with Gasteiger partial charge in [0.05, 0.1) is 12.1 Å². The van der Waals surface area contributed by atoms with Crippen LogP contribution in [0.5, 0.6) is 0 Å². The van der Waals surface area contributed by atoms with Gasteiger partial charge in [-0.15, -0.1) is 0 Å². The van der Waals surface area contributed by atoms with Crippen molar-refractivity contribution in [1.82, 2.24) is 10.2 Å². The molecule has 0 bridgehead atoms. The van der Waals surface area contributed by atoms with E-state index in [1.807, 2.05) is 24.3 Å². The number of alkyl halides is 3. The maximum absolute atomic E-state index is 13.0. The molecular formula is C26H31F3N4O2. The number of hydrogen-bond donors (Lipinski definition) is 2. The second kappa shape index (κ2) is 10.7. The number of nitrogens with zero attached hydrogens (tertiary/aromatic N) is 2. The predicted molar refractivity (Wildman–Crippen MR) is 130 cm³/mol. The molecule has 35 heavy (non-hydrogen) atoms. The molecule has 2 heterocycles. The fraction of sp³-hybridized carbons (Fsp3) is 0.462. The number of ketones is 1. The van der Waals surface area contributed by atoms with E-state index < -0.39 is 11.7 Å². The van der Waals surface area contributed by atoms with Crippen LogP contribution in [0.2, 0.25) is 0 Å². The van der Waals surface area contributed by atoms with Gasteiger partial charge in [-0.05, 0) is 68.0 Å². The van der Waals surface area contributed by atoms with Crippen molar-refractivity contribution >= 4 is 23.2 Å². The van der Waals surface area contributed by atoms with Crippen LogP contribution in [-0.2, 0) is 11.0 Å². The zero-order valence-electron chi connectivity index (χ0n) is 19.8. The lowest BCUT2D eigenvalue weighted by Crippen LogP contribution is -2.40. The third-order valence-electron chi connectivity index (χ3n) is 6.78. The Labute approximate surface area is 203 Å². The number of Topliss-reactive ketones (excluding diaryl/α,β-unsaturated/α-hetero) is 1. The van der Waals surface area contributed by atoms with Crippen LogP contribution in [0.25, 0.3) is 0 Å². The summed E-state index contributed by atoms with van der Waals surface area (Å²) in [5.41, 5.74) is 1.81. The number of carbonyl (C=O) groups excluding carboxylic acids is 2.